The third kappa shape index (κ3) is 6.64. The number of amides is 3. The molecule has 13 nitrogen and oxygen atoms in total. The molecule has 2 aliphatic heterocycles. The minimum Gasteiger partial charge on any atom is -0.496 e. The minimum atomic E-state index is -0.441. The lowest BCUT2D eigenvalue weighted by Crippen LogP contribution is -2.49. The summed E-state index contributed by atoms with van der Waals surface area (Å²) in [6.45, 7) is 2.64. The summed E-state index contributed by atoms with van der Waals surface area (Å²) >= 11 is 0. The van der Waals surface area contributed by atoms with Crippen molar-refractivity contribution in [2.24, 2.45) is 7.05 Å². The van der Waals surface area contributed by atoms with E-state index < -0.39 is 6.04 Å². The van der Waals surface area contributed by atoms with Gasteiger partial charge < -0.3 is 29.2 Å². The highest BCUT2D eigenvalue weighted by atomic mass is 16.5. The Bertz CT molecular complexity index is 1850. The molecule has 2 aromatic heterocycles. The molecule has 0 bridgehead atoms. The number of hydrogen-bond donors (Lipinski definition) is 3. The number of aromatic amines is 1. The molecule has 0 aliphatic carbocycles. The van der Waals surface area contributed by atoms with Gasteiger partial charge in [0.25, 0.3) is 5.56 Å². The maximum absolute atomic E-state index is 13.2. The van der Waals surface area contributed by atoms with Gasteiger partial charge in [0.2, 0.25) is 17.7 Å². The second-order valence-corrected chi connectivity index (χ2v) is 11.9. The van der Waals surface area contributed by atoms with Gasteiger partial charge >= 0.3 is 0 Å². The van der Waals surface area contributed by atoms with Crippen LogP contribution in [0.1, 0.15) is 31.2 Å². The Morgan fingerprint density at radius 3 is 2.49 bits per heavy atom. The van der Waals surface area contributed by atoms with Gasteiger partial charge in [-0.2, -0.15) is 5.10 Å². The van der Waals surface area contributed by atoms with Crippen LogP contribution < -0.4 is 30.6 Å². The van der Waals surface area contributed by atoms with Crippen molar-refractivity contribution in [1.82, 2.24) is 25.0 Å². The van der Waals surface area contributed by atoms with Crippen molar-refractivity contribution in [3.05, 3.63) is 64.7 Å². The standard InChI is InChI=1S/C34H39N7O6/c1-39-20-26(25-19-35-38-32(25)34(39)45)21-16-28(46-2)24(29(17-21)47-3)8-5-9-31(43)41-14-12-40(13-15-41)23-7-4-6-22(18-23)36-27-10-11-30(42)37-33(27)44/h4,6-7,16-20,27,36H,5,8-15H2,1-3H3,(H,35,38)(H,37,42,44). The number of aromatic nitrogens is 3. The van der Waals surface area contributed by atoms with E-state index in [1.165, 1.54) is 4.57 Å². The Kier molecular flexibility index (Phi) is 9.14. The van der Waals surface area contributed by atoms with Crippen molar-refractivity contribution in [1.29, 1.82) is 0 Å². The van der Waals surface area contributed by atoms with Gasteiger partial charge in [-0.15, -0.1) is 0 Å². The molecule has 0 spiro atoms. The lowest BCUT2D eigenvalue weighted by molar-refractivity contribution is -0.134. The lowest BCUT2D eigenvalue weighted by Gasteiger charge is -2.36. The van der Waals surface area contributed by atoms with Crippen molar-refractivity contribution in [2.75, 3.05) is 50.6 Å². The van der Waals surface area contributed by atoms with Crippen molar-refractivity contribution in [3.63, 3.8) is 0 Å². The molecule has 0 radical (unpaired) electrons. The number of methoxy groups -OCH3 is 2. The van der Waals surface area contributed by atoms with Crippen LogP contribution in [-0.4, -0.2) is 83.8 Å². The first-order valence-electron chi connectivity index (χ1n) is 15.8. The molecule has 47 heavy (non-hydrogen) atoms. The van der Waals surface area contributed by atoms with E-state index in [-0.39, 0.29) is 23.3 Å². The normalized spacial score (nSPS) is 16.7. The largest absolute Gasteiger partial charge is 0.496 e. The number of nitrogens with zero attached hydrogens (tertiary/aromatic N) is 4. The fraction of sp³-hybridized carbons (Fsp3) is 0.382. The minimum absolute atomic E-state index is 0.111. The van der Waals surface area contributed by atoms with Gasteiger partial charge in [-0.05, 0) is 55.2 Å². The number of benzene rings is 2. The summed E-state index contributed by atoms with van der Waals surface area (Å²) in [5.74, 6) is 0.879. The third-order valence-corrected chi connectivity index (χ3v) is 8.95. The first-order chi connectivity index (χ1) is 22.7. The molecule has 2 aliphatic rings. The number of piperidine rings is 1. The highest BCUT2D eigenvalue weighted by molar-refractivity contribution is 6.01. The van der Waals surface area contributed by atoms with Gasteiger partial charge in [-0.1, -0.05) is 6.07 Å². The monoisotopic (exact) mass is 641 g/mol. The molecule has 2 aromatic carbocycles. The Balaban J connectivity index is 1.05. The van der Waals surface area contributed by atoms with E-state index in [0.29, 0.717) is 80.7 Å². The molecule has 3 N–H and O–H groups in total. The smallest absolute Gasteiger partial charge is 0.276 e. The molecular weight excluding hydrogens is 602 g/mol. The number of carbonyl (C=O) groups excluding carboxylic acids is 3. The average molecular weight is 642 g/mol. The van der Waals surface area contributed by atoms with Gasteiger partial charge in [0.05, 0.1) is 20.4 Å². The molecule has 0 saturated carbocycles. The highest BCUT2D eigenvalue weighted by Gasteiger charge is 2.27. The number of anilines is 2. The number of pyridine rings is 1. The SMILES string of the molecule is COc1cc(-c2cn(C)c(=O)c3[nH]ncc23)cc(OC)c1CCCC(=O)N1CCN(c2cccc(NC3CCC(=O)NC3=O)c2)CC1. The van der Waals surface area contributed by atoms with E-state index >= 15 is 0 Å². The van der Waals surface area contributed by atoms with Crippen LogP contribution >= 0.6 is 0 Å². The Hall–Kier alpha value is -5.33. The predicted molar refractivity (Wildman–Crippen MR) is 178 cm³/mol. The van der Waals surface area contributed by atoms with Crippen LogP contribution in [-0.2, 0) is 27.9 Å². The number of hydrogen-bond acceptors (Lipinski definition) is 9. The first-order valence-corrected chi connectivity index (χ1v) is 15.8. The van der Waals surface area contributed by atoms with Crippen LogP contribution in [0.2, 0.25) is 0 Å². The molecule has 2 saturated heterocycles. The number of rotatable bonds is 10. The Morgan fingerprint density at radius 1 is 1.04 bits per heavy atom. The topological polar surface area (TPSA) is 151 Å². The number of carbonyl (C=O) groups is 3. The molecule has 3 amide bonds. The molecule has 2 fully saturated rings. The predicted octanol–water partition coefficient (Wildman–Crippen LogP) is 2.83. The summed E-state index contributed by atoms with van der Waals surface area (Å²) in [6, 6.07) is 11.3. The molecule has 246 valence electrons. The van der Waals surface area contributed by atoms with E-state index in [2.05, 4.69) is 25.7 Å². The van der Waals surface area contributed by atoms with Crippen LogP contribution in [0.4, 0.5) is 11.4 Å². The summed E-state index contributed by atoms with van der Waals surface area (Å²) in [4.78, 5) is 53.5. The number of nitrogens with one attached hydrogen (secondary N) is 3. The quantitative estimate of drug-likeness (QED) is 0.222. The van der Waals surface area contributed by atoms with E-state index in [9.17, 15) is 19.2 Å². The maximum atomic E-state index is 13.2. The number of imide groups is 1. The van der Waals surface area contributed by atoms with Crippen molar-refractivity contribution in [2.45, 2.75) is 38.1 Å². The van der Waals surface area contributed by atoms with E-state index in [1.807, 2.05) is 41.3 Å². The van der Waals surface area contributed by atoms with Gasteiger partial charge in [0, 0.05) is 80.2 Å². The molecule has 6 rings (SSSR count). The zero-order valence-electron chi connectivity index (χ0n) is 26.8. The summed E-state index contributed by atoms with van der Waals surface area (Å²) in [5.41, 5.74) is 4.65. The van der Waals surface area contributed by atoms with Crippen molar-refractivity contribution >= 4 is 40.0 Å². The molecule has 1 atom stereocenters. The van der Waals surface area contributed by atoms with Gasteiger partial charge in [0.1, 0.15) is 23.1 Å². The van der Waals surface area contributed by atoms with Gasteiger partial charge in [-0.3, -0.25) is 29.6 Å². The number of H-pyrrole nitrogens is 1. The zero-order valence-corrected chi connectivity index (χ0v) is 26.8. The first kappa shape index (κ1) is 31.6. The van der Waals surface area contributed by atoms with E-state index in [0.717, 1.165) is 28.1 Å². The van der Waals surface area contributed by atoms with Crippen LogP contribution in [0, 0.1) is 0 Å². The second kappa shape index (κ2) is 13.6. The van der Waals surface area contributed by atoms with Crippen LogP contribution in [0.3, 0.4) is 0 Å². The van der Waals surface area contributed by atoms with Gasteiger partial charge in [-0.25, -0.2) is 0 Å². The fourth-order valence-corrected chi connectivity index (χ4v) is 6.38. The zero-order chi connectivity index (χ0) is 33.1. The van der Waals surface area contributed by atoms with Crippen molar-refractivity contribution in [3.8, 4) is 22.6 Å². The molecule has 4 aromatic rings. The number of fused-ring (bicyclic) bond motifs is 1. The van der Waals surface area contributed by atoms with E-state index in [4.69, 9.17) is 9.47 Å². The highest BCUT2D eigenvalue weighted by Crippen LogP contribution is 2.38. The fourth-order valence-electron chi connectivity index (χ4n) is 6.38. The Labute approximate surface area is 271 Å². The maximum Gasteiger partial charge on any atom is 0.276 e. The summed E-state index contributed by atoms with van der Waals surface area (Å²) < 4.78 is 13.1. The van der Waals surface area contributed by atoms with Crippen molar-refractivity contribution < 1.29 is 23.9 Å². The lowest BCUT2D eigenvalue weighted by atomic mass is 9.98. The van der Waals surface area contributed by atoms with Gasteiger partial charge in [0.15, 0.2) is 0 Å². The summed E-state index contributed by atoms with van der Waals surface area (Å²) in [5, 5.41) is 13.2. The third-order valence-electron chi connectivity index (χ3n) is 8.95. The average Bonchev–Trinajstić information content (AvgIpc) is 3.58. The molecule has 4 heterocycles. The van der Waals surface area contributed by atoms with E-state index in [1.54, 1.807) is 33.7 Å². The molecule has 13 heteroatoms. The van der Waals surface area contributed by atoms with Crippen LogP contribution in [0.25, 0.3) is 22.0 Å². The summed E-state index contributed by atoms with van der Waals surface area (Å²) in [6.07, 6.45) is 5.83. The van der Waals surface area contributed by atoms with Crippen LogP contribution in [0.15, 0.2) is 53.6 Å². The number of aryl methyl sites for hydroxylation is 1. The second-order valence-electron chi connectivity index (χ2n) is 11.9. The molecule has 1 unspecified atom stereocenters. The Morgan fingerprint density at radius 2 is 1.79 bits per heavy atom. The summed E-state index contributed by atoms with van der Waals surface area (Å²) in [7, 11) is 4.93. The molecular formula is C34H39N7O6. The number of ether oxygens (including phenoxy) is 2. The van der Waals surface area contributed by atoms with Crippen LogP contribution in [0.5, 0.6) is 11.5 Å². The number of piperazine rings is 1.